The van der Waals surface area contributed by atoms with Crippen LogP contribution in [-0.2, 0) is 14.8 Å². The Hall–Kier alpha value is -1.60. The maximum Gasteiger partial charge on any atom is 0.321 e. The van der Waals surface area contributed by atoms with E-state index in [0.29, 0.717) is 23.3 Å². The van der Waals surface area contributed by atoms with E-state index < -0.39 is 22.0 Å². The summed E-state index contributed by atoms with van der Waals surface area (Å²) in [5.41, 5.74) is 1.26. The molecule has 2 N–H and O–H groups in total. The molecule has 0 amide bonds. The van der Waals surface area contributed by atoms with Crippen molar-refractivity contribution < 1.29 is 23.1 Å². The third-order valence-electron chi connectivity index (χ3n) is 3.64. The van der Waals surface area contributed by atoms with Crippen molar-refractivity contribution in [3.8, 4) is 5.75 Å². The van der Waals surface area contributed by atoms with E-state index in [9.17, 15) is 13.2 Å². The van der Waals surface area contributed by atoms with Gasteiger partial charge in [-0.05, 0) is 43.5 Å². The standard InChI is InChI=1S/C15H23NO5S/c1-5-6-7-12(15(17)18)16-22(19,20)14-9-8-13(21-4)10(2)11(14)3/h8-9,12,16H,5-7H2,1-4H3,(H,17,18). The zero-order valence-electron chi connectivity index (χ0n) is 13.3. The van der Waals surface area contributed by atoms with Gasteiger partial charge in [0.2, 0.25) is 10.0 Å². The molecule has 6 nitrogen and oxygen atoms in total. The summed E-state index contributed by atoms with van der Waals surface area (Å²) in [7, 11) is -2.39. The molecule has 0 saturated heterocycles. The number of methoxy groups -OCH3 is 1. The summed E-state index contributed by atoms with van der Waals surface area (Å²) in [4.78, 5) is 11.3. The Bertz CT molecular complexity index is 640. The summed E-state index contributed by atoms with van der Waals surface area (Å²) >= 11 is 0. The lowest BCUT2D eigenvalue weighted by Gasteiger charge is -2.17. The largest absolute Gasteiger partial charge is 0.496 e. The van der Waals surface area contributed by atoms with Crippen LogP contribution in [0.3, 0.4) is 0 Å². The fourth-order valence-corrected chi connectivity index (χ4v) is 3.70. The first-order valence-corrected chi connectivity index (χ1v) is 8.62. The number of carboxylic acid groups (broad SMARTS) is 1. The zero-order valence-corrected chi connectivity index (χ0v) is 14.2. The number of nitrogens with one attached hydrogen (secondary N) is 1. The van der Waals surface area contributed by atoms with Crippen molar-refractivity contribution in [1.29, 1.82) is 0 Å². The molecule has 0 aliphatic heterocycles. The molecule has 0 aromatic heterocycles. The third kappa shape index (κ3) is 4.20. The van der Waals surface area contributed by atoms with Crippen molar-refractivity contribution in [1.82, 2.24) is 4.72 Å². The van der Waals surface area contributed by atoms with E-state index in [-0.39, 0.29) is 11.3 Å². The molecular weight excluding hydrogens is 306 g/mol. The van der Waals surface area contributed by atoms with Gasteiger partial charge in [0.05, 0.1) is 12.0 Å². The Kier molecular flexibility index (Phi) is 6.37. The minimum absolute atomic E-state index is 0.0774. The van der Waals surface area contributed by atoms with Crippen LogP contribution < -0.4 is 9.46 Å². The predicted molar refractivity (Wildman–Crippen MR) is 83.7 cm³/mol. The maximum absolute atomic E-state index is 12.5. The van der Waals surface area contributed by atoms with Crippen LogP contribution in [-0.4, -0.2) is 32.6 Å². The number of unbranched alkanes of at least 4 members (excludes halogenated alkanes) is 1. The van der Waals surface area contributed by atoms with Crippen LogP contribution in [0.25, 0.3) is 0 Å². The number of aliphatic carboxylic acids is 1. The molecule has 0 spiro atoms. The molecule has 0 aliphatic carbocycles. The van der Waals surface area contributed by atoms with Crippen LogP contribution >= 0.6 is 0 Å². The van der Waals surface area contributed by atoms with E-state index >= 15 is 0 Å². The molecular formula is C15H23NO5S. The van der Waals surface area contributed by atoms with Crippen molar-refractivity contribution in [2.24, 2.45) is 0 Å². The summed E-state index contributed by atoms with van der Waals surface area (Å²) < 4.78 is 32.4. The Morgan fingerprint density at radius 3 is 2.45 bits per heavy atom. The number of sulfonamides is 1. The molecule has 0 bridgehead atoms. The highest BCUT2D eigenvalue weighted by molar-refractivity contribution is 7.89. The summed E-state index contributed by atoms with van der Waals surface area (Å²) in [6.07, 6.45) is 1.70. The van der Waals surface area contributed by atoms with E-state index in [1.165, 1.54) is 13.2 Å². The van der Waals surface area contributed by atoms with Crippen molar-refractivity contribution in [2.75, 3.05) is 7.11 Å². The van der Waals surface area contributed by atoms with Gasteiger partial charge in [0.1, 0.15) is 11.8 Å². The van der Waals surface area contributed by atoms with E-state index in [1.54, 1.807) is 19.9 Å². The van der Waals surface area contributed by atoms with Gasteiger partial charge in [-0.25, -0.2) is 8.42 Å². The number of hydrogen-bond acceptors (Lipinski definition) is 4. The zero-order chi connectivity index (χ0) is 16.9. The smallest absolute Gasteiger partial charge is 0.321 e. The van der Waals surface area contributed by atoms with Gasteiger partial charge in [-0.2, -0.15) is 4.72 Å². The SMILES string of the molecule is CCCCC(NS(=O)(=O)c1ccc(OC)c(C)c1C)C(=O)O. The van der Waals surface area contributed by atoms with Gasteiger partial charge in [-0.3, -0.25) is 4.79 Å². The molecule has 0 heterocycles. The van der Waals surface area contributed by atoms with Crippen LogP contribution in [0.5, 0.6) is 5.75 Å². The minimum Gasteiger partial charge on any atom is -0.496 e. The lowest BCUT2D eigenvalue weighted by Crippen LogP contribution is -2.40. The highest BCUT2D eigenvalue weighted by Crippen LogP contribution is 2.27. The van der Waals surface area contributed by atoms with Crippen LogP contribution in [0.4, 0.5) is 0 Å². The molecule has 1 atom stereocenters. The minimum atomic E-state index is -3.90. The first-order valence-electron chi connectivity index (χ1n) is 7.14. The first kappa shape index (κ1) is 18.4. The van der Waals surface area contributed by atoms with Crippen molar-refractivity contribution >= 4 is 16.0 Å². The number of ether oxygens (including phenoxy) is 1. The fourth-order valence-electron chi connectivity index (χ4n) is 2.18. The molecule has 1 aromatic carbocycles. The van der Waals surface area contributed by atoms with Gasteiger partial charge in [0, 0.05) is 0 Å². The summed E-state index contributed by atoms with van der Waals surface area (Å²) in [5.74, 6) is -0.572. The topological polar surface area (TPSA) is 92.7 Å². The van der Waals surface area contributed by atoms with Gasteiger partial charge in [0.15, 0.2) is 0 Å². The van der Waals surface area contributed by atoms with Gasteiger partial charge in [-0.15, -0.1) is 0 Å². The summed E-state index contributed by atoms with van der Waals surface area (Å²) in [5, 5.41) is 9.17. The fraction of sp³-hybridized carbons (Fsp3) is 0.533. The van der Waals surface area contributed by atoms with E-state index in [1.807, 2.05) is 6.92 Å². The highest BCUT2D eigenvalue weighted by atomic mass is 32.2. The van der Waals surface area contributed by atoms with Crippen molar-refractivity contribution in [2.45, 2.75) is 51.0 Å². The molecule has 0 radical (unpaired) electrons. The monoisotopic (exact) mass is 329 g/mol. The van der Waals surface area contributed by atoms with Crippen LogP contribution in [0, 0.1) is 13.8 Å². The van der Waals surface area contributed by atoms with Crippen LogP contribution in [0.1, 0.15) is 37.3 Å². The second kappa shape index (κ2) is 7.60. The Morgan fingerprint density at radius 1 is 1.32 bits per heavy atom. The van der Waals surface area contributed by atoms with Gasteiger partial charge in [0.25, 0.3) is 0 Å². The van der Waals surface area contributed by atoms with Crippen LogP contribution in [0.2, 0.25) is 0 Å². The number of carbonyl (C=O) groups is 1. The maximum atomic E-state index is 12.5. The van der Waals surface area contributed by atoms with Gasteiger partial charge < -0.3 is 9.84 Å². The quantitative estimate of drug-likeness (QED) is 0.763. The van der Waals surface area contributed by atoms with Crippen molar-refractivity contribution in [3.05, 3.63) is 23.3 Å². The lowest BCUT2D eigenvalue weighted by atomic mass is 10.1. The number of hydrogen-bond donors (Lipinski definition) is 2. The second-order valence-electron chi connectivity index (χ2n) is 5.17. The molecule has 124 valence electrons. The Morgan fingerprint density at radius 2 is 1.95 bits per heavy atom. The van der Waals surface area contributed by atoms with E-state index in [0.717, 1.165) is 6.42 Å². The molecule has 0 fully saturated rings. The summed E-state index contributed by atoms with van der Waals surface area (Å²) in [6, 6.07) is 1.88. The lowest BCUT2D eigenvalue weighted by molar-refractivity contribution is -0.139. The molecule has 22 heavy (non-hydrogen) atoms. The second-order valence-corrected chi connectivity index (χ2v) is 6.85. The highest BCUT2D eigenvalue weighted by Gasteiger charge is 2.26. The van der Waals surface area contributed by atoms with Crippen LogP contribution in [0.15, 0.2) is 17.0 Å². The first-order chi connectivity index (χ1) is 10.2. The molecule has 1 aromatic rings. The van der Waals surface area contributed by atoms with E-state index in [4.69, 9.17) is 9.84 Å². The normalized spacial score (nSPS) is 12.9. The Labute approximate surface area is 131 Å². The summed E-state index contributed by atoms with van der Waals surface area (Å²) in [6.45, 7) is 5.36. The Balaban J connectivity index is 3.13. The average Bonchev–Trinajstić information content (AvgIpc) is 2.45. The number of benzene rings is 1. The molecule has 0 aliphatic rings. The van der Waals surface area contributed by atoms with Gasteiger partial charge >= 0.3 is 5.97 Å². The molecule has 7 heteroatoms. The molecule has 1 rings (SSSR count). The number of carboxylic acids is 1. The molecule has 1 unspecified atom stereocenters. The average molecular weight is 329 g/mol. The van der Waals surface area contributed by atoms with Crippen molar-refractivity contribution in [3.63, 3.8) is 0 Å². The van der Waals surface area contributed by atoms with E-state index in [2.05, 4.69) is 4.72 Å². The number of rotatable bonds is 8. The third-order valence-corrected chi connectivity index (χ3v) is 5.26. The predicted octanol–water partition coefficient (Wildman–Crippen LogP) is 2.23. The molecule has 0 saturated carbocycles. The van der Waals surface area contributed by atoms with Gasteiger partial charge in [-0.1, -0.05) is 19.8 Å².